The van der Waals surface area contributed by atoms with Crippen LogP contribution in [0.1, 0.15) is 28.9 Å². The number of hydrogen-bond donors (Lipinski definition) is 1. The van der Waals surface area contributed by atoms with Crippen LogP contribution in [-0.4, -0.2) is 33.9 Å². The molecule has 1 aromatic carbocycles. The van der Waals surface area contributed by atoms with Gasteiger partial charge in [0.05, 0.1) is 11.3 Å². The Morgan fingerprint density at radius 2 is 1.79 bits per heavy atom. The third-order valence-corrected chi connectivity index (χ3v) is 4.62. The molecule has 8 heteroatoms. The van der Waals surface area contributed by atoms with E-state index in [9.17, 15) is 13.6 Å². The van der Waals surface area contributed by atoms with Crippen molar-refractivity contribution in [3.63, 3.8) is 0 Å². The fourth-order valence-electron chi connectivity index (χ4n) is 3.33. The summed E-state index contributed by atoms with van der Waals surface area (Å²) >= 11 is 0. The zero-order chi connectivity index (χ0) is 19.0. The number of amides is 1. The van der Waals surface area contributed by atoms with Crippen LogP contribution >= 0.6 is 12.4 Å². The maximum absolute atomic E-state index is 13.6. The Morgan fingerprint density at radius 3 is 2.46 bits per heavy atom. The van der Waals surface area contributed by atoms with Gasteiger partial charge in [-0.1, -0.05) is 0 Å². The summed E-state index contributed by atoms with van der Waals surface area (Å²) in [6, 6.07) is 6.79. The summed E-state index contributed by atoms with van der Waals surface area (Å²) < 4.78 is 27.2. The normalized spacial score (nSPS) is 13.5. The first-order chi connectivity index (χ1) is 13.0. The molecule has 0 bridgehead atoms. The molecule has 1 amide bonds. The van der Waals surface area contributed by atoms with Crippen LogP contribution in [0.15, 0.2) is 36.5 Å². The van der Waals surface area contributed by atoms with Crippen molar-refractivity contribution >= 4 is 40.7 Å². The zero-order valence-corrected chi connectivity index (χ0v) is 16.0. The third kappa shape index (κ3) is 3.89. The molecule has 0 atom stereocenters. The molecule has 1 saturated heterocycles. The molecule has 0 aliphatic carbocycles. The number of carbonyl (C=O) groups excluding carboxylic acids is 1. The van der Waals surface area contributed by atoms with Crippen LogP contribution in [-0.2, 0) is 0 Å². The number of anilines is 2. The third-order valence-electron chi connectivity index (χ3n) is 4.62. The van der Waals surface area contributed by atoms with Crippen molar-refractivity contribution in [1.82, 2.24) is 14.9 Å². The molecular formula is C20H19ClF2N4O. The number of carbonyl (C=O) groups is 1. The minimum absolute atomic E-state index is 0. The molecule has 5 nitrogen and oxygen atoms in total. The van der Waals surface area contributed by atoms with Gasteiger partial charge in [-0.3, -0.25) is 4.79 Å². The highest BCUT2D eigenvalue weighted by Crippen LogP contribution is 2.30. The molecule has 0 spiro atoms. The Kier molecular flexibility index (Phi) is 5.74. The van der Waals surface area contributed by atoms with Gasteiger partial charge in [-0.25, -0.2) is 18.7 Å². The van der Waals surface area contributed by atoms with Crippen molar-refractivity contribution in [2.45, 2.75) is 19.8 Å². The summed E-state index contributed by atoms with van der Waals surface area (Å²) in [5, 5.41) is 3.63. The number of nitrogens with zero attached hydrogens (tertiary/aromatic N) is 3. The molecule has 1 aliphatic heterocycles. The van der Waals surface area contributed by atoms with E-state index in [1.54, 1.807) is 4.90 Å². The quantitative estimate of drug-likeness (QED) is 0.692. The van der Waals surface area contributed by atoms with Crippen molar-refractivity contribution in [2.24, 2.45) is 0 Å². The SMILES string of the molecule is Cc1ccc2c(Nc3cc(F)cc(F)c3)c(C(=O)N3CCCC3)cnc2n1.Cl. The molecule has 0 radical (unpaired) electrons. The molecule has 3 aromatic rings. The van der Waals surface area contributed by atoms with Crippen LogP contribution < -0.4 is 5.32 Å². The van der Waals surface area contributed by atoms with Gasteiger partial charge in [0.25, 0.3) is 5.91 Å². The Hall–Kier alpha value is -2.80. The summed E-state index contributed by atoms with van der Waals surface area (Å²) in [6.07, 6.45) is 3.41. The summed E-state index contributed by atoms with van der Waals surface area (Å²) in [6.45, 7) is 3.23. The lowest BCUT2D eigenvalue weighted by Gasteiger charge is -2.19. The average molecular weight is 405 g/mol. The molecule has 0 unspecified atom stereocenters. The van der Waals surface area contributed by atoms with Crippen LogP contribution in [0.5, 0.6) is 0 Å². The van der Waals surface area contributed by atoms with Gasteiger partial charge in [-0.2, -0.15) is 0 Å². The van der Waals surface area contributed by atoms with E-state index in [1.807, 2.05) is 19.1 Å². The Labute approximate surface area is 167 Å². The fourth-order valence-corrected chi connectivity index (χ4v) is 3.33. The Morgan fingerprint density at radius 1 is 1.11 bits per heavy atom. The van der Waals surface area contributed by atoms with E-state index in [0.29, 0.717) is 35.4 Å². The van der Waals surface area contributed by atoms with Crippen LogP contribution in [0.3, 0.4) is 0 Å². The van der Waals surface area contributed by atoms with Gasteiger partial charge in [0.2, 0.25) is 0 Å². The van der Waals surface area contributed by atoms with Gasteiger partial charge in [-0.15, -0.1) is 12.4 Å². The standard InChI is InChI=1S/C20H18F2N4O.ClH/c1-12-4-5-16-18(25-15-9-13(21)8-14(22)10-15)17(11-23-19(16)24-12)20(27)26-6-2-3-7-26;/h4-5,8-11H,2-3,6-7H2,1H3,(H,23,24,25);1H. The van der Waals surface area contributed by atoms with Gasteiger partial charge in [0.15, 0.2) is 5.65 Å². The number of aryl methyl sites for hydroxylation is 1. The lowest BCUT2D eigenvalue weighted by atomic mass is 10.1. The second kappa shape index (κ2) is 8.06. The number of hydrogen-bond acceptors (Lipinski definition) is 4. The largest absolute Gasteiger partial charge is 0.354 e. The van der Waals surface area contributed by atoms with Gasteiger partial charge < -0.3 is 10.2 Å². The topological polar surface area (TPSA) is 58.1 Å². The summed E-state index contributed by atoms with van der Waals surface area (Å²) in [5.74, 6) is -1.55. The number of pyridine rings is 2. The van der Waals surface area contributed by atoms with E-state index < -0.39 is 11.6 Å². The van der Waals surface area contributed by atoms with Gasteiger partial charge >= 0.3 is 0 Å². The molecule has 1 aliphatic rings. The fraction of sp³-hybridized carbons (Fsp3) is 0.250. The lowest BCUT2D eigenvalue weighted by Crippen LogP contribution is -2.28. The molecule has 2 aromatic heterocycles. The number of rotatable bonds is 3. The summed E-state index contributed by atoms with van der Waals surface area (Å²) in [4.78, 5) is 23.5. The monoisotopic (exact) mass is 404 g/mol. The summed E-state index contributed by atoms with van der Waals surface area (Å²) in [5.41, 5.74) is 2.29. The van der Waals surface area contributed by atoms with Crippen molar-refractivity contribution in [2.75, 3.05) is 18.4 Å². The van der Waals surface area contributed by atoms with Crippen molar-refractivity contribution < 1.29 is 13.6 Å². The van der Waals surface area contributed by atoms with Crippen molar-refractivity contribution in [1.29, 1.82) is 0 Å². The predicted octanol–water partition coefficient (Wildman–Crippen LogP) is 4.62. The maximum atomic E-state index is 13.6. The maximum Gasteiger partial charge on any atom is 0.257 e. The van der Waals surface area contributed by atoms with Crippen LogP contribution in [0.4, 0.5) is 20.2 Å². The molecule has 1 fully saturated rings. The molecular weight excluding hydrogens is 386 g/mol. The average Bonchev–Trinajstić information content (AvgIpc) is 3.15. The first kappa shape index (κ1) is 19.9. The molecule has 28 heavy (non-hydrogen) atoms. The second-order valence-corrected chi connectivity index (χ2v) is 6.65. The minimum Gasteiger partial charge on any atom is -0.354 e. The molecule has 146 valence electrons. The van der Waals surface area contributed by atoms with Crippen molar-refractivity contribution in [3.8, 4) is 0 Å². The van der Waals surface area contributed by atoms with E-state index in [2.05, 4.69) is 15.3 Å². The van der Waals surface area contributed by atoms with E-state index in [4.69, 9.17) is 0 Å². The van der Waals surface area contributed by atoms with E-state index in [1.165, 1.54) is 18.3 Å². The van der Waals surface area contributed by atoms with E-state index >= 15 is 0 Å². The van der Waals surface area contributed by atoms with E-state index in [0.717, 1.165) is 24.6 Å². The van der Waals surface area contributed by atoms with E-state index in [-0.39, 0.29) is 24.0 Å². The Bertz CT molecular complexity index is 1020. The van der Waals surface area contributed by atoms with Crippen LogP contribution in [0.2, 0.25) is 0 Å². The first-order valence-electron chi connectivity index (χ1n) is 8.80. The lowest BCUT2D eigenvalue weighted by molar-refractivity contribution is 0.0793. The highest BCUT2D eigenvalue weighted by Gasteiger charge is 2.24. The first-order valence-corrected chi connectivity index (χ1v) is 8.80. The molecule has 0 saturated carbocycles. The number of benzene rings is 1. The number of halogens is 3. The number of aromatic nitrogens is 2. The smallest absolute Gasteiger partial charge is 0.257 e. The Balaban J connectivity index is 0.00000225. The van der Waals surface area contributed by atoms with Crippen LogP contribution in [0.25, 0.3) is 11.0 Å². The minimum atomic E-state index is -0.697. The molecule has 1 N–H and O–H groups in total. The second-order valence-electron chi connectivity index (χ2n) is 6.65. The number of fused-ring (bicyclic) bond motifs is 1. The van der Waals surface area contributed by atoms with Gasteiger partial charge in [0.1, 0.15) is 11.6 Å². The zero-order valence-electron chi connectivity index (χ0n) is 15.2. The number of likely N-dealkylation sites (tertiary alicyclic amines) is 1. The summed E-state index contributed by atoms with van der Waals surface area (Å²) in [7, 11) is 0. The van der Waals surface area contributed by atoms with Gasteiger partial charge in [-0.05, 0) is 44.0 Å². The van der Waals surface area contributed by atoms with Crippen LogP contribution in [0, 0.1) is 18.6 Å². The molecule has 4 rings (SSSR count). The number of nitrogens with one attached hydrogen (secondary N) is 1. The van der Waals surface area contributed by atoms with Crippen molar-refractivity contribution in [3.05, 3.63) is 59.4 Å². The predicted molar refractivity (Wildman–Crippen MR) is 106 cm³/mol. The highest BCUT2D eigenvalue weighted by atomic mass is 35.5. The molecule has 3 heterocycles. The highest BCUT2D eigenvalue weighted by molar-refractivity contribution is 6.07. The van der Waals surface area contributed by atoms with Gasteiger partial charge in [0, 0.05) is 42.1 Å².